The first-order valence-electron chi connectivity index (χ1n) is 4.63. The molecule has 4 nitrogen and oxygen atoms in total. The highest BCUT2D eigenvalue weighted by Crippen LogP contribution is 2.03. The fraction of sp³-hybridized carbons (Fsp3) is 1.00. The van der Waals surface area contributed by atoms with Gasteiger partial charge in [-0.2, -0.15) is 0 Å². The number of ether oxygens (including phenoxy) is 2. The third kappa shape index (κ3) is 6.95. The normalized spacial score (nSPS) is 18.2. The summed E-state index contributed by atoms with van der Waals surface area (Å²) in [5, 5.41) is 9.51. The van der Waals surface area contributed by atoms with Gasteiger partial charge in [-0.3, -0.25) is 0 Å². The fourth-order valence-electron chi connectivity index (χ4n) is 0.713. The summed E-state index contributed by atoms with van der Waals surface area (Å²) >= 11 is 0. The second-order valence-corrected chi connectivity index (χ2v) is 3.48. The summed E-state index contributed by atoms with van der Waals surface area (Å²) in [6.07, 6.45) is -0.00188. The van der Waals surface area contributed by atoms with Gasteiger partial charge in [0.2, 0.25) is 0 Å². The molecule has 0 bridgehead atoms. The van der Waals surface area contributed by atoms with Crippen molar-refractivity contribution < 1.29 is 14.6 Å². The topological polar surface area (TPSA) is 64.7 Å². The van der Waals surface area contributed by atoms with Crippen LogP contribution >= 0.6 is 0 Å². The molecule has 3 N–H and O–H groups in total. The van der Waals surface area contributed by atoms with E-state index in [1.165, 1.54) is 0 Å². The summed E-state index contributed by atoms with van der Waals surface area (Å²) in [5.74, 6) is 0. The average molecular weight is 191 g/mol. The Balaban J connectivity index is 3.51. The van der Waals surface area contributed by atoms with E-state index < -0.39 is 5.60 Å². The third-order valence-corrected chi connectivity index (χ3v) is 1.68. The fourth-order valence-corrected chi connectivity index (χ4v) is 0.713. The van der Waals surface area contributed by atoms with Crippen LogP contribution in [0.4, 0.5) is 0 Å². The van der Waals surface area contributed by atoms with Crippen LogP contribution in [0.2, 0.25) is 0 Å². The molecule has 0 saturated heterocycles. The summed E-state index contributed by atoms with van der Waals surface area (Å²) < 4.78 is 10.5. The largest absolute Gasteiger partial charge is 0.386 e. The molecule has 0 aromatic rings. The first-order chi connectivity index (χ1) is 6.02. The molecule has 0 aliphatic heterocycles. The Bertz CT molecular complexity index is 128. The smallest absolute Gasteiger partial charge is 0.0973 e. The highest BCUT2D eigenvalue weighted by Gasteiger charge is 2.19. The molecule has 2 unspecified atom stereocenters. The molecule has 0 aliphatic rings. The predicted molar refractivity (Wildman–Crippen MR) is 51.6 cm³/mol. The first-order valence-corrected chi connectivity index (χ1v) is 4.63. The summed E-state index contributed by atoms with van der Waals surface area (Å²) in [4.78, 5) is 0. The van der Waals surface area contributed by atoms with Gasteiger partial charge in [-0.1, -0.05) is 0 Å². The molecule has 0 saturated carbocycles. The Labute approximate surface area is 80.0 Å². The number of hydrogen-bond donors (Lipinski definition) is 2. The van der Waals surface area contributed by atoms with E-state index >= 15 is 0 Å². The number of rotatable bonds is 7. The van der Waals surface area contributed by atoms with Gasteiger partial charge in [0, 0.05) is 13.2 Å². The van der Waals surface area contributed by atoms with Crippen LogP contribution in [-0.4, -0.2) is 43.2 Å². The number of aliphatic hydroxyl groups is 1. The van der Waals surface area contributed by atoms with Gasteiger partial charge in [0.25, 0.3) is 0 Å². The monoisotopic (exact) mass is 191 g/mol. The van der Waals surface area contributed by atoms with Gasteiger partial charge in [-0.15, -0.1) is 0 Å². The van der Waals surface area contributed by atoms with Gasteiger partial charge < -0.3 is 20.3 Å². The lowest BCUT2D eigenvalue weighted by Gasteiger charge is -2.23. The van der Waals surface area contributed by atoms with Crippen LogP contribution in [0.3, 0.4) is 0 Å². The summed E-state index contributed by atoms with van der Waals surface area (Å²) in [6.45, 7) is 7.18. The molecular weight excluding hydrogens is 170 g/mol. The summed E-state index contributed by atoms with van der Waals surface area (Å²) in [7, 11) is 0. The Morgan fingerprint density at radius 3 is 2.62 bits per heavy atom. The third-order valence-electron chi connectivity index (χ3n) is 1.68. The predicted octanol–water partition coefficient (Wildman–Crippen LogP) is 0.138. The molecule has 0 spiro atoms. The molecule has 0 aromatic heterocycles. The summed E-state index contributed by atoms with van der Waals surface area (Å²) in [5.41, 5.74) is 4.40. The van der Waals surface area contributed by atoms with Crippen molar-refractivity contribution >= 4 is 0 Å². The molecule has 0 radical (unpaired) electrons. The molecule has 4 heteroatoms. The van der Waals surface area contributed by atoms with Crippen molar-refractivity contribution in [2.24, 2.45) is 5.73 Å². The number of hydrogen-bond acceptors (Lipinski definition) is 4. The van der Waals surface area contributed by atoms with Crippen molar-refractivity contribution in [1.82, 2.24) is 0 Å². The van der Waals surface area contributed by atoms with Gasteiger partial charge in [-0.05, 0) is 20.8 Å². The molecule has 0 rings (SSSR count). The van der Waals surface area contributed by atoms with E-state index in [-0.39, 0.29) is 19.3 Å². The van der Waals surface area contributed by atoms with Crippen LogP contribution < -0.4 is 5.73 Å². The van der Waals surface area contributed by atoms with Crippen LogP contribution in [0.15, 0.2) is 0 Å². The van der Waals surface area contributed by atoms with Gasteiger partial charge in [-0.25, -0.2) is 0 Å². The van der Waals surface area contributed by atoms with Crippen molar-refractivity contribution in [3.05, 3.63) is 0 Å². The molecule has 13 heavy (non-hydrogen) atoms. The second-order valence-electron chi connectivity index (χ2n) is 3.48. The lowest BCUT2D eigenvalue weighted by molar-refractivity contribution is -0.0738. The zero-order chi connectivity index (χ0) is 10.3. The van der Waals surface area contributed by atoms with E-state index in [1.807, 2.05) is 13.8 Å². The minimum atomic E-state index is -0.930. The Hall–Kier alpha value is -0.160. The minimum Gasteiger partial charge on any atom is -0.386 e. The van der Waals surface area contributed by atoms with E-state index in [0.29, 0.717) is 13.2 Å². The van der Waals surface area contributed by atoms with Crippen LogP contribution in [-0.2, 0) is 9.47 Å². The highest BCUT2D eigenvalue weighted by molar-refractivity contribution is 4.72. The quantitative estimate of drug-likeness (QED) is 0.600. The van der Waals surface area contributed by atoms with Crippen molar-refractivity contribution in [3.8, 4) is 0 Å². The van der Waals surface area contributed by atoms with E-state index in [4.69, 9.17) is 15.2 Å². The minimum absolute atomic E-state index is 0.00188. The molecular formula is C9H21NO3. The van der Waals surface area contributed by atoms with Crippen LogP contribution in [0, 0.1) is 0 Å². The molecule has 0 aliphatic carbocycles. The maximum atomic E-state index is 9.51. The lowest BCUT2D eigenvalue weighted by atomic mass is 10.1. The zero-order valence-corrected chi connectivity index (χ0v) is 8.75. The Kier molecular flexibility index (Phi) is 6.24. The van der Waals surface area contributed by atoms with Crippen molar-refractivity contribution in [2.75, 3.05) is 26.4 Å². The van der Waals surface area contributed by atoms with Crippen molar-refractivity contribution in [2.45, 2.75) is 32.5 Å². The standard InChI is InChI=1S/C9H21NO3/c1-4-12-5-8(2)13-7-9(3,11)6-10/h8,11H,4-7,10H2,1-3H3. The van der Waals surface area contributed by atoms with E-state index in [2.05, 4.69) is 0 Å². The maximum Gasteiger partial charge on any atom is 0.0973 e. The van der Waals surface area contributed by atoms with Crippen LogP contribution in [0.5, 0.6) is 0 Å². The van der Waals surface area contributed by atoms with Crippen molar-refractivity contribution in [1.29, 1.82) is 0 Å². The van der Waals surface area contributed by atoms with Gasteiger partial charge in [0.15, 0.2) is 0 Å². The molecule has 0 aromatic carbocycles. The molecule has 80 valence electrons. The average Bonchev–Trinajstić information content (AvgIpc) is 2.11. The molecule has 0 heterocycles. The number of nitrogens with two attached hydrogens (primary N) is 1. The van der Waals surface area contributed by atoms with Gasteiger partial charge >= 0.3 is 0 Å². The van der Waals surface area contributed by atoms with E-state index in [0.717, 1.165) is 0 Å². The molecule has 0 fully saturated rings. The SMILES string of the molecule is CCOCC(C)OCC(C)(O)CN. The Morgan fingerprint density at radius 2 is 2.15 bits per heavy atom. The first kappa shape index (κ1) is 12.8. The molecule has 0 amide bonds. The Morgan fingerprint density at radius 1 is 1.54 bits per heavy atom. The lowest BCUT2D eigenvalue weighted by Crippen LogP contribution is -2.40. The van der Waals surface area contributed by atoms with E-state index in [1.54, 1.807) is 6.92 Å². The van der Waals surface area contributed by atoms with Gasteiger partial charge in [0.1, 0.15) is 0 Å². The van der Waals surface area contributed by atoms with Crippen molar-refractivity contribution in [3.63, 3.8) is 0 Å². The maximum absolute atomic E-state index is 9.51. The van der Waals surface area contributed by atoms with Gasteiger partial charge in [0.05, 0.1) is 24.9 Å². The summed E-state index contributed by atoms with van der Waals surface area (Å²) in [6, 6.07) is 0. The van der Waals surface area contributed by atoms with Crippen LogP contribution in [0.1, 0.15) is 20.8 Å². The molecule has 2 atom stereocenters. The van der Waals surface area contributed by atoms with Crippen LogP contribution in [0.25, 0.3) is 0 Å². The zero-order valence-electron chi connectivity index (χ0n) is 8.75. The van der Waals surface area contributed by atoms with E-state index in [9.17, 15) is 5.11 Å². The second kappa shape index (κ2) is 6.32. The highest BCUT2D eigenvalue weighted by atomic mass is 16.5.